The van der Waals surface area contributed by atoms with Crippen LogP contribution in [0.25, 0.3) is 0 Å². The number of amides is 2. The number of hydrogen-bond acceptors (Lipinski definition) is 2. The first-order valence-corrected chi connectivity index (χ1v) is 4.90. The summed E-state index contributed by atoms with van der Waals surface area (Å²) in [7, 11) is 0. The molecule has 0 bridgehead atoms. The monoisotopic (exact) mass is 221 g/mol. The van der Waals surface area contributed by atoms with Crippen LogP contribution in [0.2, 0.25) is 0 Å². The van der Waals surface area contributed by atoms with Crippen LogP contribution in [0, 0.1) is 0 Å². The van der Waals surface area contributed by atoms with Crippen molar-refractivity contribution in [2.75, 3.05) is 6.54 Å². The standard InChI is InChI=1S/C11H8ClNO2/c12-6-3-7-13-10(14)8-4-1-2-5-9(8)11(13)15/h1-6H,7H2. The minimum Gasteiger partial charge on any atom is -0.270 e. The van der Waals surface area contributed by atoms with E-state index in [0.717, 1.165) is 0 Å². The summed E-state index contributed by atoms with van der Waals surface area (Å²) in [6.07, 6.45) is 1.56. The summed E-state index contributed by atoms with van der Waals surface area (Å²) in [5.74, 6) is -0.518. The van der Waals surface area contributed by atoms with Gasteiger partial charge in [-0.05, 0) is 12.1 Å². The number of imide groups is 1. The molecule has 2 amide bonds. The van der Waals surface area contributed by atoms with Crippen molar-refractivity contribution in [2.24, 2.45) is 0 Å². The number of halogens is 1. The topological polar surface area (TPSA) is 37.4 Å². The number of nitrogens with zero attached hydrogens (tertiary/aromatic N) is 1. The molecule has 1 aromatic carbocycles. The van der Waals surface area contributed by atoms with E-state index in [1.165, 1.54) is 10.4 Å². The Kier molecular flexibility index (Phi) is 2.56. The average Bonchev–Trinajstić information content (AvgIpc) is 2.51. The second-order valence-corrected chi connectivity index (χ2v) is 3.38. The van der Waals surface area contributed by atoms with Crippen molar-refractivity contribution in [2.45, 2.75) is 0 Å². The van der Waals surface area contributed by atoms with E-state index < -0.39 is 0 Å². The zero-order valence-corrected chi connectivity index (χ0v) is 8.57. The highest BCUT2D eigenvalue weighted by molar-refractivity contribution is 6.25. The molecule has 0 saturated heterocycles. The Balaban J connectivity index is 2.37. The number of fused-ring (bicyclic) bond motifs is 1. The SMILES string of the molecule is O=C1c2ccccc2C(=O)N1CC=CCl. The van der Waals surface area contributed by atoms with Gasteiger partial charge >= 0.3 is 0 Å². The number of carbonyl (C=O) groups is 2. The van der Waals surface area contributed by atoms with E-state index in [4.69, 9.17) is 11.6 Å². The third-order valence-corrected chi connectivity index (χ3v) is 2.43. The molecule has 1 aliphatic heterocycles. The van der Waals surface area contributed by atoms with Gasteiger partial charge in [0.2, 0.25) is 0 Å². The molecule has 2 rings (SSSR count). The Hall–Kier alpha value is -1.61. The van der Waals surface area contributed by atoms with E-state index in [-0.39, 0.29) is 18.4 Å². The molecule has 3 nitrogen and oxygen atoms in total. The van der Waals surface area contributed by atoms with Gasteiger partial charge in [-0.3, -0.25) is 14.5 Å². The molecule has 0 unspecified atom stereocenters. The molecular weight excluding hydrogens is 214 g/mol. The van der Waals surface area contributed by atoms with Crippen LogP contribution >= 0.6 is 11.6 Å². The Bertz CT molecular complexity index is 419. The molecule has 0 N–H and O–H groups in total. The van der Waals surface area contributed by atoms with E-state index in [2.05, 4.69) is 0 Å². The highest BCUT2D eigenvalue weighted by atomic mass is 35.5. The van der Waals surface area contributed by atoms with Crippen LogP contribution in [-0.2, 0) is 0 Å². The number of benzene rings is 1. The van der Waals surface area contributed by atoms with Crippen molar-refractivity contribution >= 4 is 23.4 Å². The molecule has 4 heteroatoms. The molecule has 0 spiro atoms. The lowest BCUT2D eigenvalue weighted by atomic mass is 10.1. The Morgan fingerprint density at radius 3 is 2.13 bits per heavy atom. The molecule has 1 aliphatic rings. The summed E-state index contributed by atoms with van der Waals surface area (Å²) in [5, 5.41) is 0. The van der Waals surface area contributed by atoms with Gasteiger partial charge in [0.25, 0.3) is 11.8 Å². The van der Waals surface area contributed by atoms with Crippen molar-refractivity contribution in [3.05, 3.63) is 47.0 Å². The maximum Gasteiger partial charge on any atom is 0.261 e. The Morgan fingerprint density at radius 1 is 1.13 bits per heavy atom. The smallest absolute Gasteiger partial charge is 0.261 e. The van der Waals surface area contributed by atoms with Crippen molar-refractivity contribution in [3.63, 3.8) is 0 Å². The van der Waals surface area contributed by atoms with Gasteiger partial charge in [0, 0.05) is 12.1 Å². The molecule has 0 atom stereocenters. The van der Waals surface area contributed by atoms with Gasteiger partial charge in [0.1, 0.15) is 0 Å². The van der Waals surface area contributed by atoms with Crippen molar-refractivity contribution in [1.82, 2.24) is 4.90 Å². The zero-order chi connectivity index (χ0) is 10.8. The number of hydrogen-bond donors (Lipinski definition) is 0. The van der Waals surface area contributed by atoms with Crippen molar-refractivity contribution in [1.29, 1.82) is 0 Å². The summed E-state index contributed by atoms with van der Waals surface area (Å²) < 4.78 is 0. The van der Waals surface area contributed by atoms with Gasteiger partial charge in [-0.2, -0.15) is 0 Å². The summed E-state index contributed by atoms with van der Waals surface area (Å²) in [6.45, 7) is 0.218. The molecule has 0 radical (unpaired) electrons. The molecular formula is C11H8ClNO2. The summed E-state index contributed by atoms with van der Waals surface area (Å²) in [4.78, 5) is 24.7. The third kappa shape index (κ3) is 1.55. The highest BCUT2D eigenvalue weighted by Gasteiger charge is 2.33. The second kappa shape index (κ2) is 3.87. The lowest BCUT2D eigenvalue weighted by Crippen LogP contribution is -2.29. The fraction of sp³-hybridized carbons (Fsp3) is 0.0909. The quantitative estimate of drug-likeness (QED) is 0.717. The normalized spacial score (nSPS) is 15.1. The van der Waals surface area contributed by atoms with E-state index >= 15 is 0 Å². The predicted octanol–water partition coefficient (Wildman–Crippen LogP) is 2.04. The van der Waals surface area contributed by atoms with E-state index in [1.807, 2.05) is 0 Å². The second-order valence-electron chi connectivity index (χ2n) is 3.13. The fourth-order valence-corrected chi connectivity index (χ4v) is 1.63. The van der Waals surface area contributed by atoms with Gasteiger partial charge in [-0.1, -0.05) is 29.8 Å². The largest absolute Gasteiger partial charge is 0.270 e. The molecule has 0 aliphatic carbocycles. The number of carbonyl (C=O) groups excluding carboxylic acids is 2. The van der Waals surface area contributed by atoms with Gasteiger partial charge in [0.15, 0.2) is 0 Å². The lowest BCUT2D eigenvalue weighted by Gasteiger charge is -2.09. The average molecular weight is 222 g/mol. The number of rotatable bonds is 2. The van der Waals surface area contributed by atoms with Gasteiger partial charge in [-0.25, -0.2) is 0 Å². The molecule has 76 valence electrons. The predicted molar refractivity (Wildman–Crippen MR) is 56.8 cm³/mol. The van der Waals surface area contributed by atoms with Crippen molar-refractivity contribution < 1.29 is 9.59 Å². The Morgan fingerprint density at radius 2 is 1.67 bits per heavy atom. The maximum atomic E-state index is 11.7. The van der Waals surface area contributed by atoms with Gasteiger partial charge in [-0.15, -0.1) is 0 Å². The molecule has 0 aromatic heterocycles. The lowest BCUT2D eigenvalue weighted by molar-refractivity contribution is 0.0672. The van der Waals surface area contributed by atoms with Crippen LogP contribution in [0.4, 0.5) is 0 Å². The molecule has 0 fully saturated rings. The first kappa shape index (κ1) is 9.93. The van der Waals surface area contributed by atoms with Crippen LogP contribution in [0.1, 0.15) is 20.7 Å². The summed E-state index contributed by atoms with van der Waals surface area (Å²) in [5.41, 5.74) is 2.22. The summed E-state index contributed by atoms with van der Waals surface area (Å²) >= 11 is 5.36. The van der Waals surface area contributed by atoms with E-state index in [1.54, 1.807) is 30.3 Å². The third-order valence-electron chi connectivity index (χ3n) is 2.26. The molecule has 1 aromatic rings. The van der Waals surface area contributed by atoms with Crippen LogP contribution in [-0.4, -0.2) is 23.3 Å². The van der Waals surface area contributed by atoms with Gasteiger partial charge < -0.3 is 0 Å². The fourth-order valence-electron chi connectivity index (χ4n) is 1.55. The maximum absolute atomic E-state index is 11.7. The minimum absolute atomic E-state index is 0.218. The minimum atomic E-state index is -0.259. The highest BCUT2D eigenvalue weighted by Crippen LogP contribution is 2.21. The van der Waals surface area contributed by atoms with Crippen LogP contribution < -0.4 is 0 Å². The molecule has 15 heavy (non-hydrogen) atoms. The van der Waals surface area contributed by atoms with Crippen LogP contribution in [0.5, 0.6) is 0 Å². The van der Waals surface area contributed by atoms with E-state index in [9.17, 15) is 9.59 Å². The van der Waals surface area contributed by atoms with Crippen LogP contribution in [0.15, 0.2) is 35.9 Å². The first-order chi connectivity index (χ1) is 7.25. The van der Waals surface area contributed by atoms with Crippen molar-refractivity contribution in [3.8, 4) is 0 Å². The molecule has 0 saturated carbocycles. The first-order valence-electron chi connectivity index (χ1n) is 4.46. The molecule has 1 heterocycles. The van der Waals surface area contributed by atoms with Gasteiger partial charge in [0.05, 0.1) is 11.1 Å². The van der Waals surface area contributed by atoms with E-state index in [0.29, 0.717) is 11.1 Å². The Labute approximate surface area is 91.9 Å². The van der Waals surface area contributed by atoms with Crippen LogP contribution in [0.3, 0.4) is 0 Å². The summed E-state index contributed by atoms with van der Waals surface area (Å²) in [6, 6.07) is 6.79. The zero-order valence-electron chi connectivity index (χ0n) is 7.81.